The summed E-state index contributed by atoms with van der Waals surface area (Å²) in [5.41, 5.74) is 2.98. The van der Waals surface area contributed by atoms with E-state index in [-0.39, 0.29) is 5.91 Å². The van der Waals surface area contributed by atoms with Crippen LogP contribution in [0, 0.1) is 0 Å². The lowest BCUT2D eigenvalue weighted by Crippen LogP contribution is -2.12. The molecule has 0 radical (unpaired) electrons. The molecule has 29 heavy (non-hydrogen) atoms. The first-order valence-electron chi connectivity index (χ1n) is 9.08. The molecule has 0 saturated heterocycles. The van der Waals surface area contributed by atoms with Gasteiger partial charge in [0.05, 0.1) is 14.2 Å². The van der Waals surface area contributed by atoms with Crippen molar-refractivity contribution in [1.29, 1.82) is 0 Å². The maximum atomic E-state index is 12.5. The molecule has 2 aromatic carbocycles. The summed E-state index contributed by atoms with van der Waals surface area (Å²) in [6.07, 6.45) is 0. The molecule has 0 fully saturated rings. The number of amides is 1. The molecule has 6 nitrogen and oxygen atoms in total. The van der Waals surface area contributed by atoms with Crippen LogP contribution in [0.25, 0.3) is 0 Å². The summed E-state index contributed by atoms with van der Waals surface area (Å²) in [4.78, 5) is 12.5. The van der Waals surface area contributed by atoms with E-state index >= 15 is 0 Å². The molecule has 0 atom stereocenters. The molecule has 0 aliphatic carbocycles. The molecule has 1 heterocycles. The van der Waals surface area contributed by atoms with Gasteiger partial charge in [-0.05, 0) is 29.2 Å². The van der Waals surface area contributed by atoms with Crippen molar-refractivity contribution in [3.8, 4) is 11.5 Å². The molecule has 1 amide bonds. The molecule has 0 aliphatic heterocycles. The van der Waals surface area contributed by atoms with Gasteiger partial charge in [0.2, 0.25) is 5.13 Å². The predicted molar refractivity (Wildman–Crippen MR) is 118 cm³/mol. The first-order chi connectivity index (χ1) is 14.0. The Morgan fingerprint density at radius 1 is 1.07 bits per heavy atom. The van der Waals surface area contributed by atoms with Crippen LogP contribution < -0.4 is 14.8 Å². The van der Waals surface area contributed by atoms with Crippen LogP contribution in [-0.2, 0) is 5.75 Å². The number of nitrogens with zero attached hydrogens (tertiary/aromatic N) is 2. The summed E-state index contributed by atoms with van der Waals surface area (Å²) < 4.78 is 11.2. The van der Waals surface area contributed by atoms with Crippen molar-refractivity contribution >= 4 is 34.1 Å². The largest absolute Gasteiger partial charge is 0.497 e. The number of benzene rings is 2. The molecular weight excluding hydrogens is 406 g/mol. The van der Waals surface area contributed by atoms with Gasteiger partial charge in [-0.25, -0.2) is 0 Å². The summed E-state index contributed by atoms with van der Waals surface area (Å²) in [6.45, 7) is 4.37. The maximum absolute atomic E-state index is 12.5. The number of methoxy groups -OCH3 is 2. The minimum Gasteiger partial charge on any atom is -0.497 e. The number of nitrogens with one attached hydrogen (secondary N) is 1. The molecule has 3 aromatic rings. The Bertz CT molecular complexity index is 949. The van der Waals surface area contributed by atoms with Crippen molar-refractivity contribution in [1.82, 2.24) is 10.2 Å². The van der Waals surface area contributed by atoms with Gasteiger partial charge in [0, 0.05) is 17.4 Å². The minimum atomic E-state index is -0.292. The van der Waals surface area contributed by atoms with Crippen LogP contribution in [0.4, 0.5) is 5.13 Å². The first kappa shape index (κ1) is 21.1. The Morgan fingerprint density at radius 2 is 1.72 bits per heavy atom. The monoisotopic (exact) mass is 429 g/mol. The average molecular weight is 430 g/mol. The number of rotatable bonds is 8. The van der Waals surface area contributed by atoms with Crippen LogP contribution in [-0.4, -0.2) is 30.3 Å². The number of aromatic nitrogens is 2. The third-order valence-corrected chi connectivity index (χ3v) is 6.29. The predicted octanol–water partition coefficient (Wildman–Crippen LogP) is 5.22. The van der Waals surface area contributed by atoms with Gasteiger partial charge in [0.15, 0.2) is 4.34 Å². The zero-order valence-corrected chi connectivity index (χ0v) is 18.4. The fourth-order valence-electron chi connectivity index (χ4n) is 2.57. The zero-order valence-electron chi connectivity index (χ0n) is 16.8. The van der Waals surface area contributed by atoms with E-state index in [9.17, 15) is 4.79 Å². The van der Waals surface area contributed by atoms with Gasteiger partial charge in [-0.3, -0.25) is 10.1 Å². The summed E-state index contributed by atoms with van der Waals surface area (Å²) in [6, 6.07) is 13.6. The highest BCUT2D eigenvalue weighted by atomic mass is 32.2. The second kappa shape index (κ2) is 9.76. The van der Waals surface area contributed by atoms with Crippen molar-refractivity contribution in [2.24, 2.45) is 0 Å². The first-order valence-corrected chi connectivity index (χ1v) is 10.9. The second-order valence-electron chi connectivity index (χ2n) is 6.61. The Kier molecular flexibility index (Phi) is 7.11. The van der Waals surface area contributed by atoms with E-state index in [4.69, 9.17) is 9.47 Å². The van der Waals surface area contributed by atoms with Crippen LogP contribution >= 0.6 is 23.1 Å². The van der Waals surface area contributed by atoms with Crippen LogP contribution in [0.15, 0.2) is 46.8 Å². The molecule has 0 unspecified atom stereocenters. The van der Waals surface area contributed by atoms with Gasteiger partial charge in [0.25, 0.3) is 5.91 Å². The molecule has 152 valence electrons. The topological polar surface area (TPSA) is 73.3 Å². The van der Waals surface area contributed by atoms with E-state index in [1.54, 1.807) is 44.2 Å². The van der Waals surface area contributed by atoms with Crippen LogP contribution in [0.5, 0.6) is 11.5 Å². The highest BCUT2D eigenvalue weighted by molar-refractivity contribution is 8.00. The highest BCUT2D eigenvalue weighted by Gasteiger charge is 2.13. The minimum absolute atomic E-state index is 0.292. The molecule has 0 saturated carbocycles. The number of carbonyl (C=O) groups is 1. The number of hydrogen-bond donors (Lipinski definition) is 1. The Hall–Kier alpha value is -2.58. The van der Waals surface area contributed by atoms with E-state index in [1.165, 1.54) is 22.5 Å². The summed E-state index contributed by atoms with van der Waals surface area (Å²) in [5.74, 6) is 2.13. The van der Waals surface area contributed by atoms with Gasteiger partial charge in [0.1, 0.15) is 11.5 Å². The van der Waals surface area contributed by atoms with Gasteiger partial charge >= 0.3 is 0 Å². The Balaban J connectivity index is 1.60. The van der Waals surface area contributed by atoms with Crippen molar-refractivity contribution in [2.75, 3.05) is 19.5 Å². The smallest absolute Gasteiger partial charge is 0.257 e. The average Bonchev–Trinajstić information content (AvgIpc) is 3.19. The molecule has 0 aliphatic rings. The molecule has 8 heteroatoms. The van der Waals surface area contributed by atoms with Crippen LogP contribution in [0.1, 0.15) is 41.3 Å². The summed E-state index contributed by atoms with van der Waals surface area (Å²) in [7, 11) is 3.09. The molecule has 1 N–H and O–H groups in total. The van der Waals surface area contributed by atoms with Crippen LogP contribution in [0.3, 0.4) is 0 Å². The molecule has 1 aromatic heterocycles. The number of carbonyl (C=O) groups excluding carboxylic acids is 1. The SMILES string of the molecule is COc1cc(OC)cc(C(=O)Nc2nnc(SCc3ccc(C(C)C)cc3)s2)c1. The van der Waals surface area contributed by atoms with E-state index in [2.05, 4.69) is 53.6 Å². The number of anilines is 1. The van der Waals surface area contributed by atoms with Gasteiger partial charge < -0.3 is 9.47 Å². The van der Waals surface area contributed by atoms with Crippen molar-refractivity contribution in [3.05, 3.63) is 59.2 Å². The normalized spacial score (nSPS) is 10.8. The highest BCUT2D eigenvalue weighted by Crippen LogP contribution is 2.29. The van der Waals surface area contributed by atoms with Gasteiger partial charge in [-0.2, -0.15) is 0 Å². The standard InChI is InChI=1S/C21H23N3O3S2/c1-13(2)15-7-5-14(6-8-15)12-28-21-24-23-20(29-21)22-19(25)16-9-17(26-3)11-18(10-16)27-4/h5-11,13H,12H2,1-4H3,(H,22,23,25). The molecule has 0 spiro atoms. The molecule has 3 rings (SSSR count). The van der Waals surface area contributed by atoms with Crippen LogP contribution in [0.2, 0.25) is 0 Å². The Morgan fingerprint density at radius 3 is 2.31 bits per heavy atom. The Labute approximate surface area is 178 Å². The quantitative estimate of drug-likeness (QED) is 0.391. The number of ether oxygens (including phenoxy) is 2. The lowest BCUT2D eigenvalue weighted by Gasteiger charge is -2.07. The van der Waals surface area contributed by atoms with E-state index in [0.717, 1.165) is 10.1 Å². The summed E-state index contributed by atoms with van der Waals surface area (Å²) >= 11 is 2.95. The van der Waals surface area contributed by atoms with Gasteiger partial charge in [-0.1, -0.05) is 61.2 Å². The summed E-state index contributed by atoms with van der Waals surface area (Å²) in [5, 5.41) is 11.5. The third kappa shape index (κ3) is 5.71. The molecular formula is C21H23N3O3S2. The third-order valence-electron chi connectivity index (χ3n) is 4.25. The van der Waals surface area contributed by atoms with E-state index < -0.39 is 0 Å². The molecule has 0 bridgehead atoms. The second-order valence-corrected chi connectivity index (χ2v) is 8.81. The van der Waals surface area contributed by atoms with E-state index in [1.807, 2.05) is 0 Å². The zero-order chi connectivity index (χ0) is 20.8. The van der Waals surface area contributed by atoms with Crippen molar-refractivity contribution < 1.29 is 14.3 Å². The fourth-order valence-corrected chi connectivity index (χ4v) is 4.27. The van der Waals surface area contributed by atoms with E-state index in [0.29, 0.717) is 28.1 Å². The maximum Gasteiger partial charge on any atom is 0.257 e. The van der Waals surface area contributed by atoms with Crippen molar-refractivity contribution in [2.45, 2.75) is 29.9 Å². The lowest BCUT2D eigenvalue weighted by molar-refractivity contribution is 0.102. The number of hydrogen-bond acceptors (Lipinski definition) is 7. The fraction of sp³-hybridized carbons (Fsp3) is 0.286. The van der Waals surface area contributed by atoms with Crippen molar-refractivity contribution in [3.63, 3.8) is 0 Å². The number of thioether (sulfide) groups is 1. The van der Waals surface area contributed by atoms with Gasteiger partial charge in [-0.15, -0.1) is 10.2 Å². The lowest BCUT2D eigenvalue weighted by atomic mass is 10.0.